The lowest BCUT2D eigenvalue weighted by atomic mass is 9.80. The summed E-state index contributed by atoms with van der Waals surface area (Å²) in [5.41, 5.74) is 16.2. The summed E-state index contributed by atoms with van der Waals surface area (Å²) in [5.74, 6) is 0. The number of benzene rings is 8. The van der Waals surface area contributed by atoms with Gasteiger partial charge in [-0.25, -0.2) is 0 Å². The second kappa shape index (κ2) is 9.55. The summed E-state index contributed by atoms with van der Waals surface area (Å²) in [4.78, 5) is 0. The quantitative estimate of drug-likeness (QED) is 0.170. The normalized spacial score (nSPS) is 15.0. The highest BCUT2D eigenvalue weighted by molar-refractivity contribution is 6.24. The van der Waals surface area contributed by atoms with Gasteiger partial charge in [-0.2, -0.15) is 0 Å². The molecule has 0 aliphatic heterocycles. The van der Waals surface area contributed by atoms with E-state index in [4.69, 9.17) is 0 Å². The monoisotopic (exact) mass is 612 g/mol. The molecule has 10 rings (SSSR count). The van der Waals surface area contributed by atoms with Crippen molar-refractivity contribution >= 4 is 32.3 Å². The predicted molar refractivity (Wildman–Crippen MR) is 205 cm³/mol. The van der Waals surface area contributed by atoms with E-state index in [0.29, 0.717) is 0 Å². The Morgan fingerprint density at radius 2 is 0.625 bits per heavy atom. The van der Waals surface area contributed by atoms with Gasteiger partial charge in [0.2, 0.25) is 0 Å². The van der Waals surface area contributed by atoms with Gasteiger partial charge in [-0.05, 0) is 123 Å². The van der Waals surface area contributed by atoms with Gasteiger partial charge in [-0.3, -0.25) is 0 Å². The molecular formula is C48H36. The fourth-order valence-electron chi connectivity index (χ4n) is 9.17. The first-order valence-corrected chi connectivity index (χ1v) is 17.2. The van der Waals surface area contributed by atoms with Crippen molar-refractivity contribution in [2.45, 2.75) is 38.5 Å². The van der Waals surface area contributed by atoms with Crippen LogP contribution in [0.1, 0.15) is 49.9 Å². The number of rotatable bonds is 2. The fraction of sp³-hybridized carbons (Fsp3) is 0.125. The molecule has 0 heteroatoms. The van der Waals surface area contributed by atoms with Crippen molar-refractivity contribution in [2.75, 3.05) is 0 Å². The van der Waals surface area contributed by atoms with E-state index in [-0.39, 0.29) is 10.8 Å². The number of hydrogen-bond acceptors (Lipinski definition) is 0. The number of hydrogen-bond donors (Lipinski definition) is 0. The molecule has 8 aromatic carbocycles. The van der Waals surface area contributed by atoms with E-state index in [0.717, 1.165) is 0 Å². The SMILES string of the molecule is CC1(C)c2ccccc2-c2ccc(-c3cc4c5ccccc5c(-c5ccc6c(c5)C(C)(C)c5ccccc5-6)cc4c4ccccc34)cc21. The van der Waals surface area contributed by atoms with Crippen molar-refractivity contribution in [2.24, 2.45) is 0 Å². The van der Waals surface area contributed by atoms with Gasteiger partial charge in [0.25, 0.3) is 0 Å². The van der Waals surface area contributed by atoms with Gasteiger partial charge in [0.05, 0.1) is 0 Å². The molecule has 0 fully saturated rings. The Hall–Kier alpha value is -5.46. The molecule has 0 bridgehead atoms. The highest BCUT2D eigenvalue weighted by Gasteiger charge is 2.36. The first-order valence-electron chi connectivity index (χ1n) is 17.2. The zero-order valence-corrected chi connectivity index (χ0v) is 27.9. The van der Waals surface area contributed by atoms with E-state index in [1.54, 1.807) is 0 Å². The van der Waals surface area contributed by atoms with Crippen LogP contribution >= 0.6 is 0 Å². The van der Waals surface area contributed by atoms with Crippen LogP contribution in [0.2, 0.25) is 0 Å². The minimum Gasteiger partial charge on any atom is -0.0619 e. The standard InChI is InChI=1S/C48H36/c1-47(2)43-19-11-9-17-35(43)37-23-21-29(25-45(37)47)39-27-41-34-16-8-6-14-32(34)40(28-42(41)33-15-7-5-13-31(33)39)30-22-24-38-36-18-10-12-20-44(36)48(3,4)46(38)26-30/h5-28H,1-4H3. The lowest BCUT2D eigenvalue weighted by Gasteiger charge is -2.23. The van der Waals surface area contributed by atoms with E-state index >= 15 is 0 Å². The first-order chi connectivity index (χ1) is 23.3. The average molecular weight is 613 g/mol. The minimum absolute atomic E-state index is 0.0397. The summed E-state index contributed by atoms with van der Waals surface area (Å²) >= 11 is 0. The first kappa shape index (κ1) is 27.6. The topological polar surface area (TPSA) is 0 Å². The molecule has 0 saturated heterocycles. The Labute approximate surface area is 282 Å². The van der Waals surface area contributed by atoms with Gasteiger partial charge in [-0.15, -0.1) is 0 Å². The molecule has 48 heavy (non-hydrogen) atoms. The number of fused-ring (bicyclic) bond motifs is 11. The van der Waals surface area contributed by atoms with Gasteiger partial charge >= 0.3 is 0 Å². The van der Waals surface area contributed by atoms with Crippen molar-refractivity contribution < 1.29 is 0 Å². The highest BCUT2D eigenvalue weighted by Crippen LogP contribution is 2.52. The molecule has 228 valence electrons. The Kier molecular flexibility index (Phi) is 5.50. The second-order valence-electron chi connectivity index (χ2n) is 14.9. The molecule has 0 unspecified atom stereocenters. The maximum Gasteiger partial charge on any atom is 0.0159 e. The van der Waals surface area contributed by atoms with Gasteiger partial charge in [0.15, 0.2) is 0 Å². The van der Waals surface area contributed by atoms with Crippen molar-refractivity contribution in [1.82, 2.24) is 0 Å². The van der Waals surface area contributed by atoms with Crippen LogP contribution in [0.15, 0.2) is 146 Å². The van der Waals surface area contributed by atoms with Crippen LogP contribution in [0, 0.1) is 0 Å². The Morgan fingerprint density at radius 3 is 1.06 bits per heavy atom. The molecule has 8 aromatic rings. The summed E-state index contributed by atoms with van der Waals surface area (Å²) in [7, 11) is 0. The van der Waals surface area contributed by atoms with Crippen LogP contribution in [-0.2, 0) is 10.8 Å². The molecule has 0 radical (unpaired) electrons. The van der Waals surface area contributed by atoms with Crippen LogP contribution in [0.5, 0.6) is 0 Å². The van der Waals surface area contributed by atoms with Crippen LogP contribution in [-0.4, -0.2) is 0 Å². The van der Waals surface area contributed by atoms with Gasteiger partial charge < -0.3 is 0 Å². The van der Waals surface area contributed by atoms with Gasteiger partial charge in [-0.1, -0.05) is 149 Å². The Balaban J connectivity index is 1.21. The van der Waals surface area contributed by atoms with Crippen molar-refractivity contribution in [1.29, 1.82) is 0 Å². The lowest BCUT2D eigenvalue weighted by Crippen LogP contribution is -2.14. The third-order valence-corrected chi connectivity index (χ3v) is 11.7. The summed E-state index contributed by atoms with van der Waals surface area (Å²) in [5, 5.41) is 7.80. The lowest BCUT2D eigenvalue weighted by molar-refractivity contribution is 0.660. The zero-order valence-electron chi connectivity index (χ0n) is 27.9. The molecule has 0 N–H and O–H groups in total. The summed E-state index contributed by atoms with van der Waals surface area (Å²) in [6, 6.07) is 55.1. The molecule has 0 amide bonds. The van der Waals surface area contributed by atoms with Crippen LogP contribution < -0.4 is 0 Å². The molecule has 0 heterocycles. The van der Waals surface area contributed by atoms with Crippen LogP contribution in [0.3, 0.4) is 0 Å². The Bertz CT molecular complexity index is 2480. The van der Waals surface area contributed by atoms with E-state index < -0.39 is 0 Å². The van der Waals surface area contributed by atoms with E-state index in [1.807, 2.05) is 0 Å². The average Bonchev–Trinajstić information content (AvgIpc) is 3.50. The Morgan fingerprint density at radius 1 is 0.271 bits per heavy atom. The molecule has 0 nitrogen and oxygen atoms in total. The fourth-order valence-corrected chi connectivity index (χ4v) is 9.17. The largest absolute Gasteiger partial charge is 0.0619 e. The van der Waals surface area contributed by atoms with Crippen LogP contribution in [0.25, 0.3) is 76.8 Å². The molecule has 0 aromatic heterocycles. The molecule has 2 aliphatic rings. The summed E-state index contributed by atoms with van der Waals surface area (Å²) < 4.78 is 0. The second-order valence-corrected chi connectivity index (χ2v) is 14.9. The van der Waals surface area contributed by atoms with Crippen molar-refractivity contribution in [3.63, 3.8) is 0 Å². The summed E-state index contributed by atoms with van der Waals surface area (Å²) in [6.45, 7) is 9.48. The smallest absolute Gasteiger partial charge is 0.0159 e. The van der Waals surface area contributed by atoms with Crippen molar-refractivity contribution in [3.05, 3.63) is 168 Å². The van der Waals surface area contributed by atoms with E-state index in [2.05, 4.69) is 173 Å². The minimum atomic E-state index is -0.0397. The highest BCUT2D eigenvalue weighted by atomic mass is 14.4. The van der Waals surface area contributed by atoms with Gasteiger partial charge in [0.1, 0.15) is 0 Å². The third kappa shape index (κ3) is 3.61. The molecule has 0 atom stereocenters. The van der Waals surface area contributed by atoms with Gasteiger partial charge in [0, 0.05) is 10.8 Å². The molecule has 2 aliphatic carbocycles. The zero-order chi connectivity index (χ0) is 32.4. The maximum atomic E-state index is 2.46. The summed E-state index contributed by atoms with van der Waals surface area (Å²) in [6.07, 6.45) is 0. The molecular weight excluding hydrogens is 577 g/mol. The van der Waals surface area contributed by atoms with E-state index in [9.17, 15) is 0 Å². The molecule has 0 spiro atoms. The van der Waals surface area contributed by atoms with Crippen LogP contribution in [0.4, 0.5) is 0 Å². The predicted octanol–water partition coefficient (Wildman–Crippen LogP) is 13.1. The molecule has 0 saturated carbocycles. The van der Waals surface area contributed by atoms with Crippen molar-refractivity contribution in [3.8, 4) is 44.5 Å². The maximum absolute atomic E-state index is 2.46. The third-order valence-electron chi connectivity index (χ3n) is 11.7. The van der Waals surface area contributed by atoms with E-state index in [1.165, 1.54) is 99.1 Å².